The second-order valence-corrected chi connectivity index (χ2v) is 4.88. The molecule has 90 valence electrons. The number of nitrogens with zero attached hydrogens (tertiary/aromatic N) is 3. The average molecular weight is 235 g/mol. The van der Waals surface area contributed by atoms with Gasteiger partial charge in [-0.3, -0.25) is 9.59 Å². The number of anilines is 1. The Balaban J connectivity index is 2.30. The molecule has 6 heteroatoms. The third kappa shape index (κ3) is 2.25. The highest BCUT2D eigenvalue weighted by atomic mass is 16.3. The van der Waals surface area contributed by atoms with Crippen LogP contribution >= 0.6 is 0 Å². The molecule has 2 amide bonds. The molecule has 17 heavy (non-hydrogen) atoms. The maximum absolute atomic E-state index is 11.9. The summed E-state index contributed by atoms with van der Waals surface area (Å²) in [6.45, 7) is 3.75. The average Bonchev–Trinajstić information content (AvgIpc) is 2.18. The minimum absolute atomic E-state index is 0.0216. The summed E-state index contributed by atoms with van der Waals surface area (Å²) in [4.78, 5) is 32.3. The van der Waals surface area contributed by atoms with E-state index in [1.54, 1.807) is 0 Å². The largest absolute Gasteiger partial charge is 0.505 e. The van der Waals surface area contributed by atoms with Crippen LogP contribution in [0, 0.1) is 5.41 Å². The zero-order valence-electron chi connectivity index (χ0n) is 9.67. The summed E-state index contributed by atoms with van der Waals surface area (Å²) >= 11 is 0. The van der Waals surface area contributed by atoms with Crippen LogP contribution in [0.15, 0.2) is 12.4 Å². The first-order valence-electron chi connectivity index (χ1n) is 5.26. The lowest BCUT2D eigenvalue weighted by Crippen LogP contribution is -2.47. The Morgan fingerprint density at radius 1 is 1.18 bits per heavy atom. The van der Waals surface area contributed by atoms with E-state index in [1.807, 2.05) is 13.8 Å². The standard InChI is InChI=1S/C11H13N3O3/c1-11(2)3-8(16)14(9(17)4-11)10-12-5-7(15)6-13-10/h5-6,15H,3-4H2,1-2H3. The van der Waals surface area contributed by atoms with E-state index in [4.69, 9.17) is 5.11 Å². The van der Waals surface area contributed by atoms with Crippen molar-refractivity contribution in [3.8, 4) is 5.75 Å². The molecular formula is C11H13N3O3. The number of aromatic hydroxyl groups is 1. The second kappa shape index (κ2) is 3.80. The number of carbonyl (C=O) groups is 2. The quantitative estimate of drug-likeness (QED) is 0.730. The van der Waals surface area contributed by atoms with Gasteiger partial charge in [0.15, 0.2) is 5.75 Å². The molecule has 2 heterocycles. The normalized spacial score (nSPS) is 19.5. The fourth-order valence-electron chi connectivity index (χ4n) is 1.83. The topological polar surface area (TPSA) is 83.4 Å². The predicted molar refractivity (Wildman–Crippen MR) is 59.2 cm³/mol. The number of amides is 2. The van der Waals surface area contributed by atoms with Crippen LogP contribution < -0.4 is 4.90 Å². The molecule has 1 saturated heterocycles. The van der Waals surface area contributed by atoms with Crippen molar-refractivity contribution in [2.45, 2.75) is 26.7 Å². The highest BCUT2D eigenvalue weighted by Gasteiger charge is 2.39. The third-order valence-corrected chi connectivity index (χ3v) is 2.58. The molecule has 1 aromatic heterocycles. The molecule has 2 rings (SSSR count). The van der Waals surface area contributed by atoms with E-state index in [-0.39, 0.29) is 41.8 Å². The van der Waals surface area contributed by atoms with Gasteiger partial charge >= 0.3 is 0 Å². The molecule has 0 unspecified atom stereocenters. The molecule has 0 atom stereocenters. The Morgan fingerprint density at radius 3 is 2.12 bits per heavy atom. The first-order valence-corrected chi connectivity index (χ1v) is 5.26. The van der Waals surface area contributed by atoms with Crippen LogP contribution in [0.25, 0.3) is 0 Å². The number of hydrogen-bond acceptors (Lipinski definition) is 5. The summed E-state index contributed by atoms with van der Waals surface area (Å²) in [5, 5.41) is 9.06. The predicted octanol–water partition coefficient (Wildman–Crippen LogP) is 0.862. The van der Waals surface area contributed by atoms with Gasteiger partial charge in [0.25, 0.3) is 0 Å². The summed E-state index contributed by atoms with van der Waals surface area (Å²) in [5.74, 6) is -0.701. The molecule has 0 radical (unpaired) electrons. The van der Waals surface area contributed by atoms with Gasteiger partial charge in [-0.25, -0.2) is 14.9 Å². The Hall–Kier alpha value is -1.98. The number of aromatic nitrogens is 2. The van der Waals surface area contributed by atoms with Crippen molar-refractivity contribution in [2.24, 2.45) is 5.41 Å². The van der Waals surface area contributed by atoms with Crippen molar-refractivity contribution >= 4 is 17.8 Å². The lowest BCUT2D eigenvalue weighted by atomic mass is 9.82. The maximum atomic E-state index is 11.9. The van der Waals surface area contributed by atoms with Gasteiger partial charge in [0, 0.05) is 12.8 Å². The van der Waals surface area contributed by atoms with Crippen molar-refractivity contribution in [1.82, 2.24) is 9.97 Å². The van der Waals surface area contributed by atoms with E-state index in [2.05, 4.69) is 9.97 Å². The van der Waals surface area contributed by atoms with Gasteiger partial charge < -0.3 is 5.11 Å². The summed E-state index contributed by atoms with van der Waals surface area (Å²) in [7, 11) is 0. The molecule has 6 nitrogen and oxygen atoms in total. The number of piperidine rings is 1. The van der Waals surface area contributed by atoms with E-state index in [1.165, 1.54) is 0 Å². The lowest BCUT2D eigenvalue weighted by Gasteiger charge is -2.33. The van der Waals surface area contributed by atoms with E-state index in [9.17, 15) is 9.59 Å². The van der Waals surface area contributed by atoms with Gasteiger partial charge in [-0.15, -0.1) is 0 Å². The van der Waals surface area contributed by atoms with E-state index in [0.29, 0.717) is 0 Å². The van der Waals surface area contributed by atoms with Crippen molar-refractivity contribution < 1.29 is 14.7 Å². The van der Waals surface area contributed by atoms with Crippen molar-refractivity contribution in [1.29, 1.82) is 0 Å². The van der Waals surface area contributed by atoms with Gasteiger partial charge in [-0.05, 0) is 5.41 Å². The van der Waals surface area contributed by atoms with Crippen molar-refractivity contribution in [2.75, 3.05) is 4.90 Å². The van der Waals surface area contributed by atoms with Crippen LogP contribution in [0.4, 0.5) is 5.95 Å². The molecular weight excluding hydrogens is 222 g/mol. The van der Waals surface area contributed by atoms with Gasteiger partial charge in [0.1, 0.15) is 0 Å². The Bertz CT molecular complexity index is 447. The molecule has 1 aliphatic heterocycles. The highest BCUT2D eigenvalue weighted by Crippen LogP contribution is 2.32. The zero-order valence-corrected chi connectivity index (χ0v) is 9.67. The molecule has 0 bridgehead atoms. The van der Waals surface area contributed by atoms with Crippen molar-refractivity contribution in [3.05, 3.63) is 12.4 Å². The summed E-state index contributed by atoms with van der Waals surface area (Å²) in [6, 6.07) is 0. The number of imide groups is 1. The molecule has 1 aliphatic rings. The van der Waals surface area contributed by atoms with Crippen LogP contribution in [-0.4, -0.2) is 26.9 Å². The van der Waals surface area contributed by atoms with Crippen LogP contribution in [0.3, 0.4) is 0 Å². The summed E-state index contributed by atoms with van der Waals surface area (Å²) in [6.07, 6.45) is 2.87. The Morgan fingerprint density at radius 2 is 1.65 bits per heavy atom. The Kier molecular flexibility index (Phi) is 2.57. The highest BCUT2D eigenvalue weighted by molar-refractivity contribution is 6.15. The molecule has 0 aliphatic carbocycles. The lowest BCUT2D eigenvalue weighted by molar-refractivity contribution is -0.132. The summed E-state index contributed by atoms with van der Waals surface area (Å²) < 4.78 is 0. The Labute approximate surface area is 98.3 Å². The van der Waals surface area contributed by atoms with E-state index in [0.717, 1.165) is 17.3 Å². The molecule has 1 fully saturated rings. The third-order valence-electron chi connectivity index (χ3n) is 2.58. The fraction of sp³-hybridized carbons (Fsp3) is 0.455. The zero-order chi connectivity index (χ0) is 12.6. The van der Waals surface area contributed by atoms with Crippen LogP contribution in [0.1, 0.15) is 26.7 Å². The number of carbonyl (C=O) groups excluding carboxylic acids is 2. The molecule has 1 aromatic rings. The first-order chi connectivity index (χ1) is 7.89. The van der Waals surface area contributed by atoms with Crippen LogP contribution in [-0.2, 0) is 9.59 Å². The van der Waals surface area contributed by atoms with Gasteiger partial charge in [-0.1, -0.05) is 13.8 Å². The molecule has 0 spiro atoms. The monoisotopic (exact) mass is 235 g/mol. The van der Waals surface area contributed by atoms with E-state index < -0.39 is 0 Å². The smallest absolute Gasteiger partial charge is 0.239 e. The second-order valence-electron chi connectivity index (χ2n) is 4.88. The SMILES string of the molecule is CC1(C)CC(=O)N(c2ncc(O)cn2)C(=O)C1. The van der Waals surface area contributed by atoms with Crippen LogP contribution in [0.2, 0.25) is 0 Å². The maximum Gasteiger partial charge on any atom is 0.239 e. The number of rotatable bonds is 1. The minimum Gasteiger partial charge on any atom is -0.505 e. The van der Waals surface area contributed by atoms with E-state index >= 15 is 0 Å². The molecule has 0 saturated carbocycles. The molecule has 1 N–H and O–H groups in total. The van der Waals surface area contributed by atoms with Crippen LogP contribution in [0.5, 0.6) is 5.75 Å². The van der Waals surface area contributed by atoms with Gasteiger partial charge in [-0.2, -0.15) is 0 Å². The van der Waals surface area contributed by atoms with Gasteiger partial charge in [0.05, 0.1) is 12.4 Å². The number of hydrogen-bond donors (Lipinski definition) is 1. The fourth-order valence-corrected chi connectivity index (χ4v) is 1.83. The first kappa shape index (κ1) is 11.5. The van der Waals surface area contributed by atoms with Gasteiger partial charge in [0.2, 0.25) is 17.8 Å². The van der Waals surface area contributed by atoms with Crippen molar-refractivity contribution in [3.63, 3.8) is 0 Å². The minimum atomic E-state index is -0.318. The molecule has 0 aromatic carbocycles. The summed E-state index contributed by atoms with van der Waals surface area (Å²) in [5.41, 5.74) is -0.318.